The molecule has 1 saturated heterocycles. The van der Waals surface area contributed by atoms with Gasteiger partial charge in [-0.05, 0) is 26.3 Å². The lowest BCUT2D eigenvalue weighted by Gasteiger charge is -2.29. The molecule has 3 rings (SSSR count). The first kappa shape index (κ1) is 18.1. The fraction of sp³-hybridized carbons (Fsp3) is 0.471. The van der Waals surface area contributed by atoms with Crippen molar-refractivity contribution < 1.29 is 13.2 Å². The molecule has 2 aromatic rings. The minimum atomic E-state index is -3.02. The van der Waals surface area contributed by atoms with Crippen molar-refractivity contribution in [3.05, 3.63) is 30.6 Å². The molecule has 25 heavy (non-hydrogen) atoms. The standard InChI is InChI=1S/C17H21N3O3S2/c1-3-20(13-8-9-25(22,23)10-13)17(21)12(2)24-16-14-6-4-5-7-15(14)18-11-19-16/h4-7,11-13H,3,8-10H2,1-2H3/t12-,13-/m1/s1. The minimum Gasteiger partial charge on any atom is -0.338 e. The van der Waals surface area contributed by atoms with Crippen molar-refractivity contribution in [2.45, 2.75) is 36.6 Å². The number of hydrogen-bond acceptors (Lipinski definition) is 6. The fourth-order valence-electron chi connectivity index (χ4n) is 3.14. The first-order valence-corrected chi connectivity index (χ1v) is 11.0. The number of para-hydroxylation sites is 1. The first-order valence-electron chi connectivity index (χ1n) is 8.28. The van der Waals surface area contributed by atoms with Crippen LogP contribution in [-0.4, -0.2) is 58.5 Å². The van der Waals surface area contributed by atoms with E-state index in [9.17, 15) is 13.2 Å². The van der Waals surface area contributed by atoms with E-state index in [1.54, 1.807) is 4.90 Å². The Morgan fingerprint density at radius 1 is 1.36 bits per heavy atom. The van der Waals surface area contributed by atoms with E-state index in [0.717, 1.165) is 15.9 Å². The number of rotatable bonds is 5. The highest BCUT2D eigenvalue weighted by molar-refractivity contribution is 8.00. The van der Waals surface area contributed by atoms with Crippen molar-refractivity contribution >= 4 is 38.4 Å². The van der Waals surface area contributed by atoms with Gasteiger partial charge in [0.05, 0.1) is 22.3 Å². The summed E-state index contributed by atoms with van der Waals surface area (Å²) in [7, 11) is -3.02. The summed E-state index contributed by atoms with van der Waals surface area (Å²) < 4.78 is 23.5. The largest absolute Gasteiger partial charge is 0.338 e. The van der Waals surface area contributed by atoms with Crippen LogP contribution >= 0.6 is 11.8 Å². The van der Waals surface area contributed by atoms with Crippen LogP contribution in [0.5, 0.6) is 0 Å². The monoisotopic (exact) mass is 379 g/mol. The number of thioether (sulfide) groups is 1. The lowest BCUT2D eigenvalue weighted by Crippen LogP contribution is -2.44. The van der Waals surface area contributed by atoms with Crippen LogP contribution in [0.1, 0.15) is 20.3 Å². The molecule has 2 heterocycles. The molecule has 1 aliphatic heterocycles. The lowest BCUT2D eigenvalue weighted by molar-refractivity contribution is -0.131. The summed E-state index contributed by atoms with van der Waals surface area (Å²) in [4.78, 5) is 23.1. The second-order valence-corrected chi connectivity index (χ2v) is 9.70. The van der Waals surface area contributed by atoms with Gasteiger partial charge in [-0.3, -0.25) is 4.79 Å². The molecule has 0 aliphatic carbocycles. The maximum absolute atomic E-state index is 12.9. The van der Waals surface area contributed by atoms with Gasteiger partial charge >= 0.3 is 0 Å². The van der Waals surface area contributed by atoms with Gasteiger partial charge < -0.3 is 4.90 Å². The highest BCUT2D eigenvalue weighted by Gasteiger charge is 2.35. The molecular weight excluding hydrogens is 358 g/mol. The molecule has 2 atom stereocenters. The summed E-state index contributed by atoms with van der Waals surface area (Å²) in [6.45, 7) is 4.24. The summed E-state index contributed by atoms with van der Waals surface area (Å²) in [6.07, 6.45) is 2.03. The predicted molar refractivity (Wildman–Crippen MR) is 99.3 cm³/mol. The third-order valence-corrected chi connectivity index (χ3v) is 7.27. The van der Waals surface area contributed by atoms with Gasteiger partial charge in [-0.25, -0.2) is 18.4 Å². The number of nitrogens with zero attached hydrogens (tertiary/aromatic N) is 3. The Kier molecular flexibility index (Phi) is 5.29. The summed E-state index contributed by atoms with van der Waals surface area (Å²) in [5.41, 5.74) is 0.842. The summed E-state index contributed by atoms with van der Waals surface area (Å²) in [6, 6.07) is 7.47. The fourth-order valence-corrected chi connectivity index (χ4v) is 5.85. The van der Waals surface area contributed by atoms with Gasteiger partial charge in [0, 0.05) is 18.0 Å². The Morgan fingerprint density at radius 2 is 2.12 bits per heavy atom. The van der Waals surface area contributed by atoms with Gasteiger partial charge in [-0.15, -0.1) is 0 Å². The van der Waals surface area contributed by atoms with Gasteiger partial charge in [0.1, 0.15) is 11.4 Å². The third-order valence-electron chi connectivity index (χ3n) is 4.42. The molecule has 1 aliphatic rings. The number of hydrogen-bond donors (Lipinski definition) is 0. The number of carbonyl (C=O) groups is 1. The molecule has 0 saturated carbocycles. The number of carbonyl (C=O) groups excluding carboxylic acids is 1. The molecule has 1 amide bonds. The molecule has 0 unspecified atom stereocenters. The van der Waals surface area contributed by atoms with E-state index in [1.807, 2.05) is 38.1 Å². The van der Waals surface area contributed by atoms with E-state index in [1.165, 1.54) is 18.1 Å². The quantitative estimate of drug-likeness (QED) is 0.585. The van der Waals surface area contributed by atoms with Gasteiger partial charge in [-0.1, -0.05) is 30.0 Å². The van der Waals surface area contributed by atoms with Crippen molar-refractivity contribution in [2.75, 3.05) is 18.1 Å². The van der Waals surface area contributed by atoms with Gasteiger partial charge in [-0.2, -0.15) is 0 Å². The lowest BCUT2D eigenvalue weighted by atomic mass is 10.2. The smallest absolute Gasteiger partial charge is 0.236 e. The molecule has 8 heteroatoms. The summed E-state index contributed by atoms with van der Waals surface area (Å²) >= 11 is 1.39. The first-order chi connectivity index (χ1) is 11.9. The Bertz CT molecular complexity index is 880. The summed E-state index contributed by atoms with van der Waals surface area (Å²) in [5, 5.41) is 1.34. The number of benzene rings is 1. The normalized spacial score (nSPS) is 20.5. The van der Waals surface area contributed by atoms with Crippen LogP contribution in [-0.2, 0) is 14.6 Å². The van der Waals surface area contributed by atoms with Crippen molar-refractivity contribution in [1.29, 1.82) is 0 Å². The molecule has 0 radical (unpaired) electrons. The molecule has 0 N–H and O–H groups in total. The molecular formula is C17H21N3O3S2. The number of aromatic nitrogens is 2. The zero-order valence-corrected chi connectivity index (χ0v) is 15.9. The van der Waals surface area contributed by atoms with E-state index >= 15 is 0 Å². The summed E-state index contributed by atoms with van der Waals surface area (Å²) in [5.74, 6) is 0.192. The van der Waals surface area contributed by atoms with E-state index in [0.29, 0.717) is 13.0 Å². The van der Waals surface area contributed by atoms with Crippen molar-refractivity contribution in [2.24, 2.45) is 0 Å². The Labute approximate surface area is 152 Å². The Hall–Kier alpha value is -1.67. The van der Waals surface area contributed by atoms with Crippen LogP contribution in [0.15, 0.2) is 35.6 Å². The second-order valence-electron chi connectivity index (χ2n) is 6.14. The van der Waals surface area contributed by atoms with Gasteiger partial charge in [0.25, 0.3) is 0 Å². The molecule has 0 spiro atoms. The van der Waals surface area contributed by atoms with E-state index in [-0.39, 0.29) is 28.7 Å². The van der Waals surface area contributed by atoms with Crippen LogP contribution < -0.4 is 0 Å². The van der Waals surface area contributed by atoms with Crippen LogP contribution in [0, 0.1) is 0 Å². The number of amides is 1. The third kappa shape index (κ3) is 3.95. The van der Waals surface area contributed by atoms with Crippen LogP contribution in [0.4, 0.5) is 0 Å². The van der Waals surface area contributed by atoms with Gasteiger partial charge in [0.2, 0.25) is 5.91 Å². The zero-order valence-electron chi connectivity index (χ0n) is 14.3. The molecule has 134 valence electrons. The van der Waals surface area contributed by atoms with Crippen molar-refractivity contribution in [1.82, 2.24) is 14.9 Å². The van der Waals surface area contributed by atoms with E-state index < -0.39 is 9.84 Å². The molecule has 6 nitrogen and oxygen atoms in total. The number of fused-ring (bicyclic) bond motifs is 1. The van der Waals surface area contributed by atoms with Crippen LogP contribution in [0.3, 0.4) is 0 Å². The van der Waals surface area contributed by atoms with E-state index in [4.69, 9.17) is 0 Å². The SMILES string of the molecule is CCN(C(=O)[C@@H](C)Sc1ncnc2ccccc12)[C@@H]1CCS(=O)(=O)C1. The minimum absolute atomic E-state index is 0.0442. The second kappa shape index (κ2) is 7.29. The number of sulfone groups is 1. The Balaban J connectivity index is 1.77. The van der Waals surface area contributed by atoms with Crippen LogP contribution in [0.2, 0.25) is 0 Å². The van der Waals surface area contributed by atoms with Gasteiger partial charge in [0.15, 0.2) is 9.84 Å². The predicted octanol–water partition coefficient (Wildman–Crippen LogP) is 2.15. The van der Waals surface area contributed by atoms with Crippen molar-refractivity contribution in [3.8, 4) is 0 Å². The zero-order chi connectivity index (χ0) is 18.0. The molecule has 0 bridgehead atoms. The molecule has 1 fully saturated rings. The average molecular weight is 380 g/mol. The van der Waals surface area contributed by atoms with E-state index in [2.05, 4.69) is 9.97 Å². The highest BCUT2D eigenvalue weighted by Crippen LogP contribution is 2.29. The van der Waals surface area contributed by atoms with Crippen LogP contribution in [0.25, 0.3) is 10.9 Å². The maximum Gasteiger partial charge on any atom is 0.236 e. The maximum atomic E-state index is 12.9. The Morgan fingerprint density at radius 3 is 2.80 bits per heavy atom. The average Bonchev–Trinajstić information content (AvgIpc) is 2.95. The molecule has 1 aromatic carbocycles. The topological polar surface area (TPSA) is 80.2 Å². The highest BCUT2D eigenvalue weighted by atomic mass is 32.2. The van der Waals surface area contributed by atoms with Crippen molar-refractivity contribution in [3.63, 3.8) is 0 Å². The molecule has 1 aromatic heterocycles.